The van der Waals surface area contributed by atoms with E-state index in [9.17, 15) is 13.6 Å². The molecule has 0 aliphatic carbocycles. The number of ether oxygens (including phenoxy) is 1. The summed E-state index contributed by atoms with van der Waals surface area (Å²) in [6.07, 6.45) is -2.74. The van der Waals surface area contributed by atoms with Gasteiger partial charge in [-0.1, -0.05) is 0 Å². The molecular formula is C6H6F2O3S. The molecule has 0 spiro atoms. The third kappa shape index (κ3) is 1.75. The van der Waals surface area contributed by atoms with E-state index in [0.717, 1.165) is 11.8 Å². The number of aldehydes is 1. The van der Waals surface area contributed by atoms with Gasteiger partial charge in [0.05, 0.1) is 5.75 Å². The maximum absolute atomic E-state index is 12.1. The van der Waals surface area contributed by atoms with Crippen LogP contribution < -0.4 is 0 Å². The van der Waals surface area contributed by atoms with Crippen molar-refractivity contribution in [2.75, 3.05) is 5.75 Å². The molecule has 68 valence electrons. The molecule has 1 unspecified atom stereocenters. The van der Waals surface area contributed by atoms with Gasteiger partial charge >= 0.3 is 6.43 Å². The molecule has 0 saturated carbocycles. The summed E-state index contributed by atoms with van der Waals surface area (Å²) in [6.45, 7) is 0. The molecule has 1 N–H and O–H groups in total. The highest BCUT2D eigenvalue weighted by Crippen LogP contribution is 2.30. The molecule has 1 rings (SSSR count). The van der Waals surface area contributed by atoms with E-state index >= 15 is 0 Å². The van der Waals surface area contributed by atoms with Crippen LogP contribution in [0.25, 0.3) is 0 Å². The molecule has 0 aromatic carbocycles. The number of alkyl halides is 2. The van der Waals surface area contributed by atoms with Crippen molar-refractivity contribution in [3.8, 4) is 0 Å². The SMILES string of the molecule is O=CC1=CSCC(O)(C(F)F)O1. The van der Waals surface area contributed by atoms with Gasteiger partial charge in [0.15, 0.2) is 12.0 Å². The smallest absolute Gasteiger partial charge is 0.303 e. The number of carbonyl (C=O) groups excluding carboxylic acids is 1. The lowest BCUT2D eigenvalue weighted by atomic mass is 10.3. The molecule has 0 saturated heterocycles. The van der Waals surface area contributed by atoms with Crippen LogP contribution in [0.15, 0.2) is 11.2 Å². The van der Waals surface area contributed by atoms with Crippen molar-refractivity contribution in [3.63, 3.8) is 0 Å². The van der Waals surface area contributed by atoms with Crippen LogP contribution in [0.3, 0.4) is 0 Å². The highest BCUT2D eigenvalue weighted by atomic mass is 32.2. The highest BCUT2D eigenvalue weighted by molar-refractivity contribution is 8.02. The quantitative estimate of drug-likeness (QED) is 0.662. The van der Waals surface area contributed by atoms with Gasteiger partial charge in [-0.05, 0) is 0 Å². The molecule has 0 aromatic heterocycles. The fourth-order valence-electron chi connectivity index (χ4n) is 0.660. The predicted octanol–water partition coefficient (Wildman–Crippen LogP) is 0.744. The van der Waals surface area contributed by atoms with Crippen molar-refractivity contribution in [1.82, 2.24) is 0 Å². The third-order valence-corrected chi connectivity index (χ3v) is 2.22. The summed E-state index contributed by atoms with van der Waals surface area (Å²) in [7, 11) is 0. The maximum Gasteiger partial charge on any atom is 0.303 e. The summed E-state index contributed by atoms with van der Waals surface area (Å²) < 4.78 is 28.5. The number of allylic oxidation sites excluding steroid dienone is 1. The molecule has 0 bridgehead atoms. The number of thioether (sulfide) groups is 1. The molecule has 3 nitrogen and oxygen atoms in total. The van der Waals surface area contributed by atoms with Crippen LogP contribution in [0.5, 0.6) is 0 Å². The zero-order valence-corrected chi connectivity index (χ0v) is 6.68. The van der Waals surface area contributed by atoms with Gasteiger partial charge in [-0.3, -0.25) is 4.79 Å². The first kappa shape index (κ1) is 9.47. The van der Waals surface area contributed by atoms with Crippen molar-refractivity contribution >= 4 is 18.0 Å². The maximum atomic E-state index is 12.1. The molecule has 1 aliphatic heterocycles. The molecule has 1 heterocycles. The Morgan fingerprint density at radius 1 is 1.83 bits per heavy atom. The minimum Gasteiger partial charge on any atom is -0.451 e. The fraction of sp³-hybridized carbons (Fsp3) is 0.500. The van der Waals surface area contributed by atoms with E-state index in [0.29, 0.717) is 0 Å². The summed E-state index contributed by atoms with van der Waals surface area (Å²) >= 11 is 0.915. The van der Waals surface area contributed by atoms with E-state index < -0.39 is 12.2 Å². The Morgan fingerprint density at radius 2 is 2.50 bits per heavy atom. The van der Waals surface area contributed by atoms with Crippen LogP contribution in [0.2, 0.25) is 0 Å². The molecule has 1 aliphatic rings. The standard InChI is InChI=1S/C6H6F2O3S/c7-5(8)6(10)3-12-2-4(1-9)11-6/h1-2,5,10H,3H2. The van der Waals surface area contributed by atoms with Crippen LogP contribution >= 0.6 is 11.8 Å². The summed E-state index contributed by atoms with van der Waals surface area (Å²) in [6, 6.07) is 0. The second kappa shape index (κ2) is 3.40. The number of carbonyl (C=O) groups is 1. The van der Waals surface area contributed by atoms with Crippen LogP contribution in [0.1, 0.15) is 0 Å². The van der Waals surface area contributed by atoms with Gasteiger partial charge in [0, 0.05) is 5.41 Å². The van der Waals surface area contributed by atoms with E-state index in [2.05, 4.69) is 4.74 Å². The van der Waals surface area contributed by atoms with Gasteiger partial charge in [-0.15, -0.1) is 11.8 Å². The molecule has 6 heteroatoms. The topological polar surface area (TPSA) is 46.5 Å². The zero-order chi connectivity index (χ0) is 9.19. The Hall–Kier alpha value is -0.620. The summed E-state index contributed by atoms with van der Waals surface area (Å²) in [4.78, 5) is 10.1. The zero-order valence-electron chi connectivity index (χ0n) is 5.87. The van der Waals surface area contributed by atoms with Gasteiger partial charge in [-0.25, -0.2) is 8.78 Å². The molecule has 0 aromatic rings. The van der Waals surface area contributed by atoms with Gasteiger partial charge in [0.25, 0.3) is 5.79 Å². The molecule has 0 radical (unpaired) electrons. The normalized spacial score (nSPS) is 29.5. The average molecular weight is 196 g/mol. The molecule has 12 heavy (non-hydrogen) atoms. The monoisotopic (exact) mass is 196 g/mol. The van der Waals surface area contributed by atoms with E-state index in [1.165, 1.54) is 5.41 Å². The summed E-state index contributed by atoms with van der Waals surface area (Å²) in [5, 5.41) is 10.3. The lowest BCUT2D eigenvalue weighted by Crippen LogP contribution is -2.44. The van der Waals surface area contributed by atoms with Gasteiger partial charge in [0.2, 0.25) is 0 Å². The number of hydrogen-bond donors (Lipinski definition) is 1. The van der Waals surface area contributed by atoms with Crippen LogP contribution in [-0.2, 0) is 9.53 Å². The Balaban J connectivity index is 2.73. The minimum atomic E-state index is -3.02. The second-order valence-electron chi connectivity index (χ2n) is 2.20. The average Bonchev–Trinajstić information content (AvgIpc) is 2.04. The van der Waals surface area contributed by atoms with E-state index in [1.807, 2.05) is 0 Å². The van der Waals surface area contributed by atoms with E-state index in [-0.39, 0.29) is 17.8 Å². The predicted molar refractivity (Wildman–Crippen MR) is 38.6 cm³/mol. The number of halogens is 2. The molecule has 0 fully saturated rings. The van der Waals surface area contributed by atoms with Crippen molar-refractivity contribution in [3.05, 3.63) is 11.2 Å². The Labute approximate surface area is 71.4 Å². The van der Waals surface area contributed by atoms with Gasteiger partial charge in [0.1, 0.15) is 0 Å². The Kier molecular flexibility index (Phi) is 2.69. The van der Waals surface area contributed by atoms with Crippen molar-refractivity contribution < 1.29 is 23.4 Å². The largest absolute Gasteiger partial charge is 0.451 e. The third-order valence-electron chi connectivity index (χ3n) is 1.24. The summed E-state index contributed by atoms with van der Waals surface area (Å²) in [5.41, 5.74) is 0. The minimum absolute atomic E-state index is 0.269. The van der Waals surface area contributed by atoms with Crippen molar-refractivity contribution in [2.24, 2.45) is 0 Å². The Bertz CT molecular complexity index is 219. The van der Waals surface area contributed by atoms with Crippen molar-refractivity contribution in [1.29, 1.82) is 0 Å². The first-order chi connectivity index (χ1) is 5.58. The highest BCUT2D eigenvalue weighted by Gasteiger charge is 2.42. The molecular weight excluding hydrogens is 190 g/mol. The van der Waals surface area contributed by atoms with E-state index in [1.54, 1.807) is 0 Å². The van der Waals surface area contributed by atoms with Crippen molar-refractivity contribution in [2.45, 2.75) is 12.2 Å². The van der Waals surface area contributed by atoms with Crippen LogP contribution in [0, 0.1) is 0 Å². The lowest BCUT2D eigenvalue weighted by Gasteiger charge is -2.29. The summed E-state index contributed by atoms with van der Waals surface area (Å²) in [5.74, 6) is -3.06. The molecule has 0 amide bonds. The fourth-order valence-corrected chi connectivity index (χ4v) is 1.44. The molecule has 1 atom stereocenters. The lowest BCUT2D eigenvalue weighted by molar-refractivity contribution is -0.233. The second-order valence-corrected chi connectivity index (χ2v) is 3.05. The number of aliphatic hydroxyl groups is 1. The first-order valence-corrected chi connectivity index (χ1v) is 4.10. The number of rotatable bonds is 2. The van der Waals surface area contributed by atoms with Gasteiger partial charge in [-0.2, -0.15) is 0 Å². The Morgan fingerprint density at radius 3 is 3.00 bits per heavy atom. The first-order valence-electron chi connectivity index (χ1n) is 3.05. The number of hydrogen-bond acceptors (Lipinski definition) is 4. The van der Waals surface area contributed by atoms with E-state index in [4.69, 9.17) is 5.11 Å². The van der Waals surface area contributed by atoms with Crippen LogP contribution in [-0.4, -0.2) is 29.4 Å². The van der Waals surface area contributed by atoms with Gasteiger partial charge < -0.3 is 9.84 Å². The van der Waals surface area contributed by atoms with Crippen LogP contribution in [0.4, 0.5) is 8.78 Å².